The summed E-state index contributed by atoms with van der Waals surface area (Å²) in [5.41, 5.74) is 7.91. The van der Waals surface area contributed by atoms with Gasteiger partial charge in [0.15, 0.2) is 49.2 Å². The van der Waals surface area contributed by atoms with E-state index in [-0.39, 0.29) is 24.0 Å². The molecular weight excluding hydrogens is 1140 g/mol. The van der Waals surface area contributed by atoms with E-state index < -0.39 is 121 Å². The Morgan fingerprint density at radius 2 is 0.682 bits per heavy atom. The van der Waals surface area contributed by atoms with Crippen LogP contribution in [0.5, 0.6) is 0 Å². The second-order valence-electron chi connectivity index (χ2n) is 24.0. The lowest BCUT2D eigenvalue weighted by Gasteiger charge is -2.46. The average molecular weight is 1230 g/mol. The molecule has 2 saturated heterocycles. The van der Waals surface area contributed by atoms with Crippen LogP contribution in [0.25, 0.3) is 0 Å². The van der Waals surface area contributed by atoms with Gasteiger partial charge in [0, 0.05) is 55.4 Å². The molecule has 0 radical (unpaired) electrons. The molecular formula is C68H92O20. The summed E-state index contributed by atoms with van der Waals surface area (Å²) in [6.07, 6.45) is 17.4. The van der Waals surface area contributed by atoms with Crippen LogP contribution < -0.4 is 0 Å². The molecule has 0 aromatic rings. The van der Waals surface area contributed by atoms with Crippen molar-refractivity contribution in [2.75, 3.05) is 13.2 Å². The molecule has 2 fully saturated rings. The van der Waals surface area contributed by atoms with Crippen LogP contribution in [-0.2, 0) is 95.2 Å². The molecule has 0 bridgehead atoms. The molecule has 4 aliphatic rings. The third-order valence-corrected chi connectivity index (χ3v) is 14.8. The minimum absolute atomic E-state index is 0.344. The smallest absolute Gasteiger partial charge is 0.303 e. The molecule has 0 saturated carbocycles. The summed E-state index contributed by atoms with van der Waals surface area (Å²) in [6, 6.07) is 0. The van der Waals surface area contributed by atoms with Crippen LogP contribution in [0.3, 0.4) is 0 Å². The van der Waals surface area contributed by atoms with E-state index in [2.05, 4.69) is 52.0 Å². The molecule has 0 aromatic carbocycles. The number of allylic oxidation sites excluding steroid dienone is 20. The first kappa shape index (κ1) is 73.2. The van der Waals surface area contributed by atoms with Crippen molar-refractivity contribution in [3.63, 3.8) is 0 Å². The molecule has 0 amide bonds. The number of carbonyl (C=O) groups excluding carboxylic acids is 8. The Morgan fingerprint density at radius 1 is 0.398 bits per heavy atom. The van der Waals surface area contributed by atoms with E-state index in [4.69, 9.17) is 56.8 Å². The maximum atomic E-state index is 12.4. The van der Waals surface area contributed by atoms with Crippen molar-refractivity contribution < 1.29 is 95.2 Å². The minimum atomic E-state index is -1.32. The first-order chi connectivity index (χ1) is 41.1. The van der Waals surface area contributed by atoms with Gasteiger partial charge < -0.3 is 56.8 Å². The van der Waals surface area contributed by atoms with E-state index in [0.29, 0.717) is 25.7 Å². The van der Waals surface area contributed by atoms with Crippen molar-refractivity contribution in [3.05, 3.63) is 130 Å². The molecule has 20 nitrogen and oxygen atoms in total. The Labute approximate surface area is 518 Å². The van der Waals surface area contributed by atoms with Crippen molar-refractivity contribution in [1.82, 2.24) is 0 Å². The normalized spacial score (nSPS) is 28.1. The van der Waals surface area contributed by atoms with Gasteiger partial charge in [-0.3, -0.25) is 38.4 Å². The van der Waals surface area contributed by atoms with Gasteiger partial charge in [0.05, 0.1) is 12.2 Å². The number of hydrogen-bond acceptors (Lipinski definition) is 20. The Kier molecular flexibility index (Phi) is 28.2. The summed E-state index contributed by atoms with van der Waals surface area (Å²) in [5, 5.41) is 0. The van der Waals surface area contributed by atoms with Crippen LogP contribution in [0.15, 0.2) is 130 Å². The summed E-state index contributed by atoms with van der Waals surface area (Å²) in [6.45, 7) is 29.5. The van der Waals surface area contributed by atoms with Crippen molar-refractivity contribution in [3.8, 4) is 0 Å². The number of ether oxygens (including phenoxy) is 12. The average Bonchev–Trinajstić information content (AvgIpc) is 2.51. The van der Waals surface area contributed by atoms with Crippen LogP contribution in [0.4, 0.5) is 0 Å². The molecule has 4 rings (SSSR count). The van der Waals surface area contributed by atoms with Crippen molar-refractivity contribution in [2.24, 2.45) is 10.8 Å². The van der Waals surface area contributed by atoms with Crippen LogP contribution in [0.2, 0.25) is 0 Å². The largest absolute Gasteiger partial charge is 0.463 e. The summed E-state index contributed by atoms with van der Waals surface area (Å²) in [7, 11) is 0. The lowest BCUT2D eigenvalue weighted by Crippen LogP contribution is -2.63. The highest BCUT2D eigenvalue weighted by molar-refractivity contribution is 5.70. The Hall–Kier alpha value is -7.26. The quantitative estimate of drug-likeness (QED) is 0.0495. The summed E-state index contributed by atoms with van der Waals surface area (Å²) in [4.78, 5) is 97.4. The molecule has 2 heterocycles. The zero-order chi connectivity index (χ0) is 65.8. The van der Waals surface area contributed by atoms with Gasteiger partial charge >= 0.3 is 47.8 Å². The SMILES string of the molecule is CC(=O)OC[C@H]1O[C@@H](O[C@@H]2CC(C)=C(/C=C/C(C)=C/C=C/C(C)=C/C=C/C=C(C)/C=C/C=C(C)/C=C/C3=C(C)C[C@@H](O[C@@H]4O[C@H](COC(C)=O)[C@@H](OC(C)=O)[C@H](OC(C)=O)[C@H]4OC(C)=O)CC3(C)C)C(C)(C)C2)[C@H](OC(C)=O)[C@@H](OC(C)=O)[C@@H]1OC(C)=O. The predicted molar refractivity (Wildman–Crippen MR) is 326 cm³/mol. The summed E-state index contributed by atoms with van der Waals surface area (Å²) >= 11 is 0. The number of rotatable bonds is 24. The Bertz CT molecular complexity index is 2710. The van der Waals surface area contributed by atoms with Gasteiger partial charge in [0.2, 0.25) is 0 Å². The van der Waals surface area contributed by atoms with Gasteiger partial charge in [-0.2, -0.15) is 0 Å². The molecule has 12 atom stereocenters. The molecule has 88 heavy (non-hydrogen) atoms. The molecule has 2 aliphatic heterocycles. The van der Waals surface area contributed by atoms with E-state index >= 15 is 0 Å². The van der Waals surface area contributed by atoms with Crippen LogP contribution in [0.1, 0.15) is 150 Å². The van der Waals surface area contributed by atoms with E-state index in [1.165, 1.54) is 55.4 Å². The number of esters is 8. The first-order valence-electron chi connectivity index (χ1n) is 29.6. The van der Waals surface area contributed by atoms with Gasteiger partial charge in [-0.25, -0.2) is 0 Å². The third-order valence-electron chi connectivity index (χ3n) is 14.8. The van der Waals surface area contributed by atoms with E-state index in [9.17, 15) is 38.4 Å². The van der Waals surface area contributed by atoms with Gasteiger partial charge in [-0.05, 0) is 89.2 Å². The topological polar surface area (TPSA) is 247 Å². The van der Waals surface area contributed by atoms with E-state index in [0.717, 1.165) is 44.6 Å². The van der Waals surface area contributed by atoms with E-state index in [1.807, 2.05) is 102 Å². The zero-order valence-electron chi connectivity index (χ0n) is 54.4. The van der Waals surface area contributed by atoms with Crippen molar-refractivity contribution in [1.29, 1.82) is 0 Å². The predicted octanol–water partition coefficient (Wildman–Crippen LogP) is 10.8. The maximum absolute atomic E-state index is 12.4. The molecule has 0 spiro atoms. The molecule has 0 N–H and O–H groups in total. The molecule has 2 aliphatic carbocycles. The number of hydrogen-bond donors (Lipinski definition) is 0. The van der Waals surface area contributed by atoms with Gasteiger partial charge in [-0.1, -0.05) is 146 Å². The standard InChI is InChI=1S/C68H92O20/c1-39(25-21-27-41(3)29-31-55-43(5)33-53(35-67(55,15)16)85-65-63(83-51(13)75)61(81-49(11)73)59(79-47(9)71)57(87-65)37-77-45(7)69)23-19-20-24-40(2)26-22-28-42(4)30-32-56-44(6)34-54(36-68(56,17)18)86-66-64(84-52(14)76)62(82-50(12)74)60(80-48(10)72)58(88-66)38-78-46(8)70/h19-32,53-54,57-66H,33-38H2,1-18H3/b20-19+,25-21+,26-22+,31-29+,32-30+,39-23+,40-24+,41-27+,42-28+/t53-,54-,57-,58-,59-,60-,61+,62+,63-,64-,65-,66-/m1/s1. The highest BCUT2D eigenvalue weighted by Gasteiger charge is 2.55. The second kappa shape index (κ2) is 33.9. The maximum Gasteiger partial charge on any atom is 0.303 e. The lowest BCUT2D eigenvalue weighted by atomic mass is 9.71. The molecule has 0 aromatic heterocycles. The Balaban J connectivity index is 1.37. The molecule has 484 valence electrons. The van der Waals surface area contributed by atoms with Gasteiger partial charge in [0.1, 0.15) is 25.4 Å². The first-order valence-corrected chi connectivity index (χ1v) is 29.6. The minimum Gasteiger partial charge on any atom is -0.463 e. The summed E-state index contributed by atoms with van der Waals surface area (Å²) in [5.74, 6) is -5.47. The van der Waals surface area contributed by atoms with Gasteiger partial charge in [0.25, 0.3) is 0 Å². The third kappa shape index (κ3) is 23.7. The highest BCUT2D eigenvalue weighted by Crippen LogP contribution is 2.45. The molecule has 0 unspecified atom stereocenters. The zero-order valence-corrected chi connectivity index (χ0v) is 54.4. The fourth-order valence-corrected chi connectivity index (χ4v) is 11.2. The Morgan fingerprint density at radius 3 is 0.977 bits per heavy atom. The molecule has 20 heteroatoms. The fourth-order valence-electron chi connectivity index (χ4n) is 11.2. The van der Waals surface area contributed by atoms with Crippen molar-refractivity contribution >= 4 is 47.8 Å². The van der Waals surface area contributed by atoms with E-state index in [1.54, 1.807) is 0 Å². The fraction of sp³-hybridized carbons (Fsp3) is 0.559. The monoisotopic (exact) mass is 1230 g/mol. The number of carbonyl (C=O) groups is 8. The van der Waals surface area contributed by atoms with Crippen molar-refractivity contribution in [2.45, 2.75) is 224 Å². The summed E-state index contributed by atoms with van der Waals surface area (Å²) < 4.78 is 69.5. The van der Waals surface area contributed by atoms with Crippen LogP contribution in [-0.4, -0.2) is 135 Å². The van der Waals surface area contributed by atoms with Gasteiger partial charge in [-0.15, -0.1) is 0 Å². The van der Waals surface area contributed by atoms with Crippen LogP contribution >= 0.6 is 0 Å². The highest BCUT2D eigenvalue weighted by atomic mass is 16.8. The lowest BCUT2D eigenvalue weighted by molar-refractivity contribution is -0.318. The second-order valence-corrected chi connectivity index (χ2v) is 24.0. The van der Waals surface area contributed by atoms with Crippen LogP contribution in [0, 0.1) is 10.8 Å².